The molecule has 2 aromatic rings. The second-order valence-electron chi connectivity index (χ2n) is 4.16. The summed E-state index contributed by atoms with van der Waals surface area (Å²) in [6, 6.07) is 12.1. The SMILES string of the molecule is Nc1cc(C(=O)OCCOc2ccccc2)cc(Cl)c1Cl. The Kier molecular flexibility index (Phi) is 5.31. The summed E-state index contributed by atoms with van der Waals surface area (Å²) in [5, 5.41) is 0.435. The molecule has 0 heterocycles. The van der Waals surface area contributed by atoms with Gasteiger partial charge in [-0.25, -0.2) is 4.79 Å². The number of carbonyl (C=O) groups is 1. The van der Waals surface area contributed by atoms with Crippen LogP contribution in [0.4, 0.5) is 5.69 Å². The van der Waals surface area contributed by atoms with Crippen molar-refractivity contribution in [2.75, 3.05) is 18.9 Å². The van der Waals surface area contributed by atoms with Crippen LogP contribution in [0.25, 0.3) is 0 Å². The van der Waals surface area contributed by atoms with Crippen LogP contribution in [-0.4, -0.2) is 19.2 Å². The lowest BCUT2D eigenvalue weighted by atomic mass is 10.2. The number of esters is 1. The number of para-hydroxylation sites is 1. The first-order valence-corrected chi connectivity index (χ1v) is 6.93. The summed E-state index contributed by atoms with van der Waals surface area (Å²) in [7, 11) is 0. The molecule has 0 aromatic heterocycles. The van der Waals surface area contributed by atoms with Crippen molar-refractivity contribution < 1.29 is 14.3 Å². The number of hydrogen-bond donors (Lipinski definition) is 1. The molecule has 0 unspecified atom stereocenters. The smallest absolute Gasteiger partial charge is 0.338 e. The third-order valence-corrected chi connectivity index (χ3v) is 3.44. The third kappa shape index (κ3) is 4.28. The minimum atomic E-state index is -0.531. The zero-order chi connectivity index (χ0) is 15.2. The highest BCUT2D eigenvalue weighted by atomic mass is 35.5. The van der Waals surface area contributed by atoms with Crippen LogP contribution in [0.5, 0.6) is 5.75 Å². The van der Waals surface area contributed by atoms with Crippen LogP contribution in [0.15, 0.2) is 42.5 Å². The van der Waals surface area contributed by atoms with Crippen LogP contribution in [0.2, 0.25) is 10.0 Å². The Morgan fingerprint density at radius 2 is 1.81 bits per heavy atom. The Balaban J connectivity index is 1.85. The molecule has 0 bridgehead atoms. The number of carbonyl (C=O) groups excluding carboxylic acids is 1. The fraction of sp³-hybridized carbons (Fsp3) is 0.133. The molecule has 2 N–H and O–H groups in total. The van der Waals surface area contributed by atoms with Crippen molar-refractivity contribution >= 4 is 34.9 Å². The van der Waals surface area contributed by atoms with E-state index in [1.807, 2.05) is 30.3 Å². The number of halogens is 2. The van der Waals surface area contributed by atoms with Gasteiger partial charge in [-0.15, -0.1) is 0 Å². The maximum Gasteiger partial charge on any atom is 0.338 e. The predicted octanol–water partition coefficient (Wildman–Crippen LogP) is 3.81. The van der Waals surface area contributed by atoms with Crippen LogP contribution >= 0.6 is 23.2 Å². The van der Waals surface area contributed by atoms with Gasteiger partial charge in [0.05, 0.1) is 21.3 Å². The summed E-state index contributed by atoms with van der Waals surface area (Å²) in [5.41, 5.74) is 6.13. The molecule has 2 aromatic carbocycles. The topological polar surface area (TPSA) is 61.6 Å². The van der Waals surface area contributed by atoms with Crippen LogP contribution < -0.4 is 10.5 Å². The van der Waals surface area contributed by atoms with E-state index in [9.17, 15) is 4.79 Å². The van der Waals surface area contributed by atoms with E-state index in [-0.39, 0.29) is 34.5 Å². The van der Waals surface area contributed by atoms with E-state index in [0.29, 0.717) is 5.75 Å². The summed E-state index contributed by atoms with van der Waals surface area (Å²) in [5.74, 6) is 0.184. The number of nitrogen functional groups attached to an aromatic ring is 1. The molecule has 0 aliphatic heterocycles. The normalized spacial score (nSPS) is 10.2. The molecule has 0 saturated carbocycles. The minimum absolute atomic E-state index is 0.119. The highest BCUT2D eigenvalue weighted by molar-refractivity contribution is 6.43. The maximum absolute atomic E-state index is 11.8. The maximum atomic E-state index is 11.8. The predicted molar refractivity (Wildman–Crippen MR) is 83.1 cm³/mol. The number of hydrogen-bond acceptors (Lipinski definition) is 4. The fourth-order valence-electron chi connectivity index (χ4n) is 1.62. The van der Waals surface area contributed by atoms with E-state index in [2.05, 4.69) is 0 Å². The zero-order valence-electron chi connectivity index (χ0n) is 11.0. The van der Waals surface area contributed by atoms with Gasteiger partial charge in [-0.2, -0.15) is 0 Å². The van der Waals surface area contributed by atoms with Crippen LogP contribution in [-0.2, 0) is 4.74 Å². The first kappa shape index (κ1) is 15.5. The second-order valence-corrected chi connectivity index (χ2v) is 4.94. The van der Waals surface area contributed by atoms with E-state index in [4.69, 9.17) is 38.4 Å². The van der Waals surface area contributed by atoms with Crippen molar-refractivity contribution in [1.29, 1.82) is 0 Å². The third-order valence-electron chi connectivity index (χ3n) is 2.62. The minimum Gasteiger partial charge on any atom is -0.490 e. The van der Waals surface area contributed by atoms with Crippen LogP contribution in [0, 0.1) is 0 Å². The van der Waals surface area contributed by atoms with Crippen LogP contribution in [0.1, 0.15) is 10.4 Å². The average Bonchev–Trinajstić information content (AvgIpc) is 2.49. The number of nitrogens with two attached hydrogens (primary N) is 1. The lowest BCUT2D eigenvalue weighted by Crippen LogP contribution is -2.12. The summed E-state index contributed by atoms with van der Waals surface area (Å²) < 4.78 is 10.5. The van der Waals surface area contributed by atoms with Crippen LogP contribution in [0.3, 0.4) is 0 Å². The Morgan fingerprint density at radius 1 is 1.10 bits per heavy atom. The number of anilines is 1. The molecule has 0 amide bonds. The summed E-state index contributed by atoms with van der Waals surface area (Å²) in [6.07, 6.45) is 0. The molecule has 0 saturated heterocycles. The van der Waals surface area contributed by atoms with Gasteiger partial charge in [0.2, 0.25) is 0 Å². The van der Waals surface area contributed by atoms with E-state index in [1.165, 1.54) is 12.1 Å². The quantitative estimate of drug-likeness (QED) is 0.516. The van der Waals surface area contributed by atoms with Crippen molar-refractivity contribution in [3.05, 3.63) is 58.1 Å². The van der Waals surface area contributed by atoms with Gasteiger partial charge in [-0.1, -0.05) is 41.4 Å². The molecule has 0 atom stereocenters. The van der Waals surface area contributed by atoms with Gasteiger partial charge >= 0.3 is 5.97 Å². The Hall–Kier alpha value is -1.91. The Labute approximate surface area is 132 Å². The number of rotatable bonds is 5. The molecule has 0 spiro atoms. The molecule has 4 nitrogen and oxygen atoms in total. The van der Waals surface area contributed by atoms with E-state index in [0.717, 1.165) is 0 Å². The molecule has 0 radical (unpaired) electrons. The lowest BCUT2D eigenvalue weighted by Gasteiger charge is -2.08. The van der Waals surface area contributed by atoms with Gasteiger partial charge in [0.15, 0.2) is 0 Å². The van der Waals surface area contributed by atoms with E-state index in [1.54, 1.807) is 0 Å². The van der Waals surface area contributed by atoms with Crippen molar-refractivity contribution in [3.8, 4) is 5.75 Å². The average molecular weight is 326 g/mol. The molecule has 110 valence electrons. The van der Waals surface area contributed by atoms with E-state index < -0.39 is 5.97 Å². The van der Waals surface area contributed by atoms with Gasteiger partial charge in [-0.3, -0.25) is 0 Å². The van der Waals surface area contributed by atoms with Gasteiger partial charge in [0, 0.05) is 0 Å². The largest absolute Gasteiger partial charge is 0.490 e. The first-order chi connectivity index (χ1) is 10.1. The monoisotopic (exact) mass is 325 g/mol. The first-order valence-electron chi connectivity index (χ1n) is 6.17. The van der Waals surface area contributed by atoms with Gasteiger partial charge in [0.1, 0.15) is 19.0 Å². The van der Waals surface area contributed by atoms with E-state index >= 15 is 0 Å². The standard InChI is InChI=1S/C15H13Cl2NO3/c16-12-8-10(9-13(18)14(12)17)15(19)21-7-6-20-11-4-2-1-3-5-11/h1-5,8-9H,6-7,18H2. The zero-order valence-corrected chi connectivity index (χ0v) is 12.5. The molecular weight excluding hydrogens is 313 g/mol. The Bertz CT molecular complexity index is 609. The van der Waals surface area contributed by atoms with Gasteiger partial charge in [-0.05, 0) is 24.3 Å². The lowest BCUT2D eigenvalue weighted by molar-refractivity contribution is 0.0450. The number of benzene rings is 2. The number of ether oxygens (including phenoxy) is 2. The van der Waals surface area contributed by atoms with Gasteiger partial charge in [0.25, 0.3) is 0 Å². The van der Waals surface area contributed by atoms with Gasteiger partial charge < -0.3 is 15.2 Å². The van der Waals surface area contributed by atoms with Crippen molar-refractivity contribution in [2.45, 2.75) is 0 Å². The molecule has 2 rings (SSSR count). The molecule has 0 aliphatic carbocycles. The second kappa shape index (κ2) is 7.20. The van der Waals surface area contributed by atoms with Crippen molar-refractivity contribution in [2.24, 2.45) is 0 Å². The molecular formula is C15H13Cl2NO3. The summed E-state index contributed by atoms with van der Waals surface area (Å²) in [6.45, 7) is 0.375. The van der Waals surface area contributed by atoms with Crippen molar-refractivity contribution in [1.82, 2.24) is 0 Å². The highest BCUT2D eigenvalue weighted by Crippen LogP contribution is 2.29. The molecule has 0 aliphatic rings. The summed E-state index contributed by atoms with van der Waals surface area (Å²) >= 11 is 11.7. The highest BCUT2D eigenvalue weighted by Gasteiger charge is 2.12. The molecule has 6 heteroatoms. The molecule has 0 fully saturated rings. The summed E-state index contributed by atoms with van der Waals surface area (Å²) in [4.78, 5) is 11.8. The molecule has 21 heavy (non-hydrogen) atoms. The van der Waals surface area contributed by atoms with Crippen molar-refractivity contribution in [3.63, 3.8) is 0 Å². The Morgan fingerprint density at radius 3 is 2.48 bits per heavy atom. The fourth-order valence-corrected chi connectivity index (χ4v) is 1.96.